The summed E-state index contributed by atoms with van der Waals surface area (Å²) >= 11 is 0. The van der Waals surface area contributed by atoms with Gasteiger partial charge in [-0.15, -0.1) is 0 Å². The predicted octanol–water partition coefficient (Wildman–Crippen LogP) is 3.42. The minimum absolute atomic E-state index is 0.102. The first-order chi connectivity index (χ1) is 8.68. The molecule has 0 saturated heterocycles. The third kappa shape index (κ3) is 2.69. The van der Waals surface area contributed by atoms with Gasteiger partial charge in [0.15, 0.2) is 0 Å². The van der Waals surface area contributed by atoms with Crippen LogP contribution in [0.25, 0.3) is 16.8 Å². The van der Waals surface area contributed by atoms with Crippen LogP contribution < -0.4 is 0 Å². The van der Waals surface area contributed by atoms with Crippen molar-refractivity contribution in [3.8, 4) is 5.75 Å². The summed E-state index contributed by atoms with van der Waals surface area (Å²) < 4.78 is 0. The number of hydrogen-bond acceptors (Lipinski definition) is 2. The lowest BCUT2D eigenvalue weighted by atomic mass is 10.0. The molecule has 92 valence electrons. The molecule has 0 aliphatic heterocycles. The van der Waals surface area contributed by atoms with Gasteiger partial charge >= 0.3 is 5.97 Å². The molecule has 0 fully saturated rings. The topological polar surface area (TPSA) is 57.5 Å². The quantitative estimate of drug-likeness (QED) is 0.863. The van der Waals surface area contributed by atoms with Gasteiger partial charge in [0.05, 0.1) is 0 Å². The Kier molecular flexibility index (Phi) is 3.63. The van der Waals surface area contributed by atoms with Crippen LogP contribution in [0.1, 0.15) is 18.4 Å². The lowest BCUT2D eigenvalue weighted by Gasteiger charge is -2.04. The molecule has 18 heavy (non-hydrogen) atoms. The van der Waals surface area contributed by atoms with E-state index in [-0.39, 0.29) is 12.2 Å². The van der Waals surface area contributed by atoms with E-state index in [1.165, 1.54) is 0 Å². The standard InChI is InChI=1S/C15H14O3/c16-14(17)8-4-2-6-12-10-9-11-5-1-3-7-13(11)15(12)18/h1-3,5-7,9-10,18H,4,8H2,(H,16,17)/b6-2+. The summed E-state index contributed by atoms with van der Waals surface area (Å²) in [5.41, 5.74) is 0.707. The van der Waals surface area contributed by atoms with E-state index in [0.717, 1.165) is 10.8 Å². The number of aliphatic carboxylic acids is 1. The molecule has 2 N–H and O–H groups in total. The summed E-state index contributed by atoms with van der Waals surface area (Å²) in [7, 11) is 0. The van der Waals surface area contributed by atoms with Gasteiger partial charge in [0.1, 0.15) is 5.75 Å². The third-order valence-electron chi connectivity index (χ3n) is 2.75. The first-order valence-corrected chi connectivity index (χ1v) is 5.77. The summed E-state index contributed by atoms with van der Waals surface area (Å²) in [6.07, 6.45) is 4.08. The van der Waals surface area contributed by atoms with E-state index in [2.05, 4.69) is 0 Å². The van der Waals surface area contributed by atoms with E-state index >= 15 is 0 Å². The van der Waals surface area contributed by atoms with Crippen LogP contribution in [0.2, 0.25) is 0 Å². The number of carboxylic acids is 1. The smallest absolute Gasteiger partial charge is 0.303 e. The van der Waals surface area contributed by atoms with E-state index in [1.807, 2.05) is 36.4 Å². The Morgan fingerprint density at radius 2 is 1.94 bits per heavy atom. The maximum atomic E-state index is 10.4. The number of carbonyl (C=O) groups is 1. The zero-order chi connectivity index (χ0) is 13.0. The number of phenols is 1. The van der Waals surface area contributed by atoms with Gasteiger partial charge in [-0.05, 0) is 11.8 Å². The minimum Gasteiger partial charge on any atom is -0.507 e. The predicted molar refractivity (Wildman–Crippen MR) is 71.5 cm³/mol. The van der Waals surface area contributed by atoms with Crippen LogP contribution in [-0.2, 0) is 4.79 Å². The van der Waals surface area contributed by atoms with Gasteiger partial charge in [0.2, 0.25) is 0 Å². The molecule has 0 bridgehead atoms. The van der Waals surface area contributed by atoms with Gasteiger partial charge in [-0.1, -0.05) is 48.6 Å². The summed E-state index contributed by atoms with van der Waals surface area (Å²) in [6, 6.07) is 11.4. The molecule has 0 aromatic heterocycles. The van der Waals surface area contributed by atoms with Gasteiger partial charge in [-0.3, -0.25) is 4.79 Å². The number of phenolic OH excluding ortho intramolecular Hbond substituents is 1. The molecule has 3 nitrogen and oxygen atoms in total. The number of rotatable bonds is 4. The van der Waals surface area contributed by atoms with Crippen LogP contribution in [0.15, 0.2) is 42.5 Å². The number of fused-ring (bicyclic) bond motifs is 1. The van der Waals surface area contributed by atoms with Crippen LogP contribution in [0.5, 0.6) is 5.75 Å². The second-order valence-corrected chi connectivity index (χ2v) is 4.06. The van der Waals surface area contributed by atoms with Crippen molar-refractivity contribution in [3.05, 3.63) is 48.0 Å². The molecule has 0 aliphatic rings. The van der Waals surface area contributed by atoms with Crippen molar-refractivity contribution in [2.75, 3.05) is 0 Å². The highest BCUT2D eigenvalue weighted by Gasteiger charge is 2.02. The Morgan fingerprint density at radius 3 is 2.72 bits per heavy atom. The van der Waals surface area contributed by atoms with Crippen molar-refractivity contribution in [1.29, 1.82) is 0 Å². The second kappa shape index (κ2) is 5.36. The van der Waals surface area contributed by atoms with Crippen molar-refractivity contribution in [3.63, 3.8) is 0 Å². The third-order valence-corrected chi connectivity index (χ3v) is 2.75. The highest BCUT2D eigenvalue weighted by molar-refractivity contribution is 5.91. The fraction of sp³-hybridized carbons (Fsp3) is 0.133. The monoisotopic (exact) mass is 242 g/mol. The van der Waals surface area contributed by atoms with Gasteiger partial charge in [0.25, 0.3) is 0 Å². The molecule has 0 aliphatic carbocycles. The minimum atomic E-state index is -0.817. The molecular weight excluding hydrogens is 228 g/mol. The molecule has 0 atom stereocenters. The van der Waals surface area contributed by atoms with E-state index in [4.69, 9.17) is 5.11 Å². The number of allylic oxidation sites excluding steroid dienone is 1. The zero-order valence-electron chi connectivity index (χ0n) is 9.84. The lowest BCUT2D eigenvalue weighted by molar-refractivity contribution is -0.136. The fourth-order valence-corrected chi connectivity index (χ4v) is 1.82. The van der Waals surface area contributed by atoms with E-state index in [0.29, 0.717) is 12.0 Å². The van der Waals surface area contributed by atoms with E-state index < -0.39 is 5.97 Å². The average Bonchev–Trinajstić information content (AvgIpc) is 2.37. The Labute approximate surface area is 105 Å². The highest BCUT2D eigenvalue weighted by Crippen LogP contribution is 2.29. The van der Waals surface area contributed by atoms with Crippen molar-refractivity contribution in [2.24, 2.45) is 0 Å². The van der Waals surface area contributed by atoms with Crippen LogP contribution in [0, 0.1) is 0 Å². The Bertz CT molecular complexity index is 600. The normalized spacial score (nSPS) is 11.1. The average molecular weight is 242 g/mol. The first-order valence-electron chi connectivity index (χ1n) is 5.77. The molecule has 0 saturated carbocycles. The van der Waals surface area contributed by atoms with Gasteiger partial charge in [-0.25, -0.2) is 0 Å². The molecule has 0 radical (unpaired) electrons. The first kappa shape index (κ1) is 12.2. The summed E-state index contributed by atoms with van der Waals surface area (Å²) in [5.74, 6) is -0.581. The Balaban J connectivity index is 2.24. The van der Waals surface area contributed by atoms with Crippen molar-refractivity contribution >= 4 is 22.8 Å². The van der Waals surface area contributed by atoms with Crippen molar-refractivity contribution in [2.45, 2.75) is 12.8 Å². The van der Waals surface area contributed by atoms with Crippen molar-refractivity contribution in [1.82, 2.24) is 0 Å². The van der Waals surface area contributed by atoms with Gasteiger partial charge in [-0.2, -0.15) is 0 Å². The van der Waals surface area contributed by atoms with E-state index in [9.17, 15) is 9.90 Å². The number of carboxylic acid groups (broad SMARTS) is 1. The summed E-state index contributed by atoms with van der Waals surface area (Å²) in [6.45, 7) is 0. The Morgan fingerprint density at radius 1 is 1.17 bits per heavy atom. The van der Waals surface area contributed by atoms with Crippen LogP contribution in [0.3, 0.4) is 0 Å². The molecule has 3 heteroatoms. The fourth-order valence-electron chi connectivity index (χ4n) is 1.82. The number of benzene rings is 2. The van der Waals surface area contributed by atoms with Crippen LogP contribution in [-0.4, -0.2) is 16.2 Å². The second-order valence-electron chi connectivity index (χ2n) is 4.06. The zero-order valence-corrected chi connectivity index (χ0v) is 9.84. The molecule has 0 spiro atoms. The maximum absolute atomic E-state index is 10.4. The lowest BCUT2D eigenvalue weighted by Crippen LogP contribution is -1.91. The van der Waals surface area contributed by atoms with Crippen LogP contribution >= 0.6 is 0 Å². The Hall–Kier alpha value is -2.29. The molecular formula is C15H14O3. The maximum Gasteiger partial charge on any atom is 0.303 e. The number of hydrogen-bond donors (Lipinski definition) is 2. The highest BCUT2D eigenvalue weighted by atomic mass is 16.4. The molecule has 0 amide bonds. The van der Waals surface area contributed by atoms with Gasteiger partial charge < -0.3 is 10.2 Å². The van der Waals surface area contributed by atoms with E-state index in [1.54, 1.807) is 12.2 Å². The number of aromatic hydroxyl groups is 1. The summed E-state index contributed by atoms with van der Waals surface area (Å²) in [5, 5.41) is 20.4. The summed E-state index contributed by atoms with van der Waals surface area (Å²) in [4.78, 5) is 10.4. The largest absolute Gasteiger partial charge is 0.507 e. The molecule has 0 heterocycles. The van der Waals surface area contributed by atoms with Crippen LogP contribution in [0.4, 0.5) is 0 Å². The molecule has 2 aromatic carbocycles. The molecule has 0 unspecified atom stereocenters. The SMILES string of the molecule is O=C(O)CC/C=C/c1ccc2ccccc2c1O. The molecule has 2 rings (SSSR count). The van der Waals surface area contributed by atoms with Crippen molar-refractivity contribution < 1.29 is 15.0 Å². The molecule has 2 aromatic rings. The van der Waals surface area contributed by atoms with Gasteiger partial charge in [0, 0.05) is 17.4 Å².